The summed E-state index contributed by atoms with van der Waals surface area (Å²) in [5.41, 5.74) is 0. The van der Waals surface area contributed by atoms with Gasteiger partial charge in [-0.15, -0.1) is 0 Å². The number of hydrogen-bond donors (Lipinski definition) is 3. The lowest BCUT2D eigenvalue weighted by Crippen LogP contribution is -1.94. The van der Waals surface area contributed by atoms with Crippen LogP contribution in [0.2, 0.25) is 0 Å². The van der Waals surface area contributed by atoms with Gasteiger partial charge in [-0.2, -0.15) is 0 Å². The predicted octanol–water partition coefficient (Wildman–Crippen LogP) is 3.56. The summed E-state index contributed by atoms with van der Waals surface area (Å²) in [4.78, 5) is 21.6. The molecule has 3 N–H and O–H groups in total. The van der Waals surface area contributed by atoms with Crippen LogP contribution >= 0.6 is 26.0 Å². The van der Waals surface area contributed by atoms with E-state index < -0.39 is 14.8 Å². The molecule has 0 amide bonds. The molecule has 2 rings (SSSR count). The maximum absolute atomic E-state index is 11.9. The summed E-state index contributed by atoms with van der Waals surface area (Å²) in [5.74, 6) is 0.809. The SMILES string of the molecule is O=P(Cl)(Oc1ccccc1)Oc1ccccc1.O=P(O)(O)O. The van der Waals surface area contributed by atoms with E-state index in [4.69, 9.17) is 39.5 Å². The minimum absolute atomic E-state index is 0.404. The molecule has 0 heterocycles. The standard InChI is InChI=1S/C12H10ClO3P.H3O4P/c13-17(14,15-11-7-3-1-4-8-11)16-12-9-5-2-6-10-12;1-5(2,3)4/h1-10H;(H3,1,2,3,4). The van der Waals surface area contributed by atoms with Crippen LogP contribution in [0.25, 0.3) is 0 Å². The van der Waals surface area contributed by atoms with E-state index in [9.17, 15) is 4.57 Å². The van der Waals surface area contributed by atoms with Gasteiger partial charge in [0.15, 0.2) is 0 Å². The first-order chi connectivity index (χ1) is 10.2. The molecule has 0 bridgehead atoms. The Balaban J connectivity index is 0.000000422. The van der Waals surface area contributed by atoms with E-state index in [2.05, 4.69) is 0 Å². The molecule has 2 aromatic rings. The van der Waals surface area contributed by atoms with Gasteiger partial charge in [-0.1, -0.05) is 36.4 Å². The first-order valence-electron chi connectivity index (χ1n) is 5.73. The summed E-state index contributed by atoms with van der Waals surface area (Å²) < 4.78 is 31.0. The van der Waals surface area contributed by atoms with Gasteiger partial charge >= 0.3 is 14.8 Å². The molecule has 0 saturated heterocycles. The molecule has 0 radical (unpaired) electrons. The van der Waals surface area contributed by atoms with Gasteiger partial charge in [0.2, 0.25) is 0 Å². The summed E-state index contributed by atoms with van der Waals surface area (Å²) in [7, 11) is -4.64. The molecule has 0 fully saturated rings. The summed E-state index contributed by atoms with van der Waals surface area (Å²) in [5, 5.41) is 0. The van der Waals surface area contributed by atoms with Gasteiger partial charge in [0.25, 0.3) is 0 Å². The smallest absolute Gasteiger partial charge is 0.405 e. The van der Waals surface area contributed by atoms with E-state index in [0.717, 1.165) is 0 Å². The molecule has 0 spiro atoms. The van der Waals surface area contributed by atoms with Gasteiger partial charge in [-0.05, 0) is 24.3 Å². The van der Waals surface area contributed by atoms with Crippen molar-refractivity contribution < 1.29 is 32.9 Å². The first-order valence-corrected chi connectivity index (χ1v) is 9.74. The Morgan fingerprint density at radius 3 is 1.27 bits per heavy atom. The van der Waals surface area contributed by atoms with Crippen LogP contribution in [0.3, 0.4) is 0 Å². The minimum atomic E-state index is -4.64. The van der Waals surface area contributed by atoms with Crippen molar-refractivity contribution in [1.82, 2.24) is 0 Å². The summed E-state index contributed by atoms with van der Waals surface area (Å²) in [6.07, 6.45) is 0. The fourth-order valence-corrected chi connectivity index (χ4v) is 2.50. The average Bonchev–Trinajstić information content (AvgIpc) is 2.38. The van der Waals surface area contributed by atoms with Crippen LogP contribution in [0.1, 0.15) is 0 Å². The fraction of sp³-hybridized carbons (Fsp3) is 0. The number of para-hydroxylation sites is 2. The second-order valence-corrected chi connectivity index (χ2v) is 7.25. The van der Waals surface area contributed by atoms with Crippen LogP contribution in [0, 0.1) is 0 Å². The van der Waals surface area contributed by atoms with Gasteiger partial charge < -0.3 is 23.7 Å². The molecular weight excluding hydrogens is 354 g/mol. The predicted molar refractivity (Wildman–Crippen MR) is 81.9 cm³/mol. The highest BCUT2D eigenvalue weighted by Gasteiger charge is 2.24. The second-order valence-electron chi connectivity index (χ2n) is 3.75. The minimum Gasteiger partial charge on any atom is -0.405 e. The highest BCUT2D eigenvalue weighted by Crippen LogP contribution is 2.52. The molecule has 0 saturated carbocycles. The highest BCUT2D eigenvalue weighted by molar-refractivity contribution is 7.82. The molecule has 7 nitrogen and oxygen atoms in total. The molecule has 0 aliphatic heterocycles. The molecule has 0 aliphatic rings. The third-order valence-corrected chi connectivity index (χ3v) is 3.19. The Labute approximate surface area is 131 Å². The number of phosphoric acid groups is 1. The molecular formula is C12H13ClO7P2. The second kappa shape index (κ2) is 8.34. The van der Waals surface area contributed by atoms with Crippen LogP contribution in [-0.2, 0) is 9.13 Å². The Morgan fingerprint density at radius 1 is 0.727 bits per heavy atom. The molecule has 0 aromatic heterocycles. The van der Waals surface area contributed by atoms with Gasteiger partial charge in [0, 0.05) is 11.2 Å². The Kier molecular flexibility index (Phi) is 7.10. The van der Waals surface area contributed by atoms with Crippen LogP contribution in [-0.4, -0.2) is 14.7 Å². The first kappa shape index (κ1) is 18.7. The van der Waals surface area contributed by atoms with Crippen molar-refractivity contribution in [3.63, 3.8) is 0 Å². The molecule has 120 valence electrons. The van der Waals surface area contributed by atoms with Gasteiger partial charge in [0.1, 0.15) is 11.5 Å². The molecule has 22 heavy (non-hydrogen) atoms. The van der Waals surface area contributed by atoms with Crippen LogP contribution in [0.4, 0.5) is 0 Å². The fourth-order valence-electron chi connectivity index (χ4n) is 1.23. The topological polar surface area (TPSA) is 113 Å². The number of halogens is 1. The zero-order valence-electron chi connectivity index (χ0n) is 11.0. The monoisotopic (exact) mass is 366 g/mol. The lowest BCUT2D eigenvalue weighted by molar-refractivity contribution is 0.275. The highest BCUT2D eigenvalue weighted by atomic mass is 35.7. The van der Waals surface area contributed by atoms with E-state index in [1.807, 2.05) is 12.1 Å². The summed E-state index contributed by atoms with van der Waals surface area (Å²) in [6.45, 7) is -3.66. The lowest BCUT2D eigenvalue weighted by atomic mass is 10.3. The van der Waals surface area contributed by atoms with Crippen molar-refractivity contribution in [2.45, 2.75) is 0 Å². The van der Waals surface area contributed by atoms with E-state index in [1.54, 1.807) is 48.5 Å². The van der Waals surface area contributed by atoms with E-state index in [0.29, 0.717) is 11.5 Å². The van der Waals surface area contributed by atoms with Crippen molar-refractivity contribution in [2.75, 3.05) is 0 Å². The molecule has 0 atom stereocenters. The number of benzene rings is 2. The van der Waals surface area contributed by atoms with Crippen LogP contribution in [0.5, 0.6) is 11.5 Å². The van der Waals surface area contributed by atoms with Crippen molar-refractivity contribution in [1.29, 1.82) is 0 Å². The molecule has 2 aromatic carbocycles. The van der Waals surface area contributed by atoms with Crippen molar-refractivity contribution >= 4 is 26.0 Å². The Hall–Kier alpha value is -1.33. The molecule has 0 unspecified atom stereocenters. The Morgan fingerprint density at radius 2 is 1.00 bits per heavy atom. The van der Waals surface area contributed by atoms with Gasteiger partial charge in [-0.3, -0.25) is 0 Å². The summed E-state index contributed by atoms with van der Waals surface area (Å²) in [6, 6.07) is 17.3. The van der Waals surface area contributed by atoms with E-state index in [-0.39, 0.29) is 0 Å². The maximum atomic E-state index is 11.9. The van der Waals surface area contributed by atoms with Crippen molar-refractivity contribution in [2.24, 2.45) is 0 Å². The Bertz CT molecular complexity index is 606. The summed E-state index contributed by atoms with van der Waals surface area (Å²) >= 11 is 5.72. The van der Waals surface area contributed by atoms with Crippen molar-refractivity contribution in [3.05, 3.63) is 60.7 Å². The third-order valence-electron chi connectivity index (χ3n) is 1.92. The largest absolute Gasteiger partial charge is 0.530 e. The van der Waals surface area contributed by atoms with E-state index >= 15 is 0 Å². The van der Waals surface area contributed by atoms with Gasteiger partial charge in [0.05, 0.1) is 0 Å². The van der Waals surface area contributed by atoms with Crippen LogP contribution in [0.15, 0.2) is 60.7 Å². The molecule has 0 aliphatic carbocycles. The zero-order valence-corrected chi connectivity index (χ0v) is 13.6. The zero-order chi connectivity index (χ0) is 16.6. The molecule has 10 heteroatoms. The number of hydrogen-bond acceptors (Lipinski definition) is 4. The quantitative estimate of drug-likeness (QED) is 0.709. The van der Waals surface area contributed by atoms with Crippen LogP contribution < -0.4 is 9.05 Å². The van der Waals surface area contributed by atoms with Crippen molar-refractivity contribution in [3.8, 4) is 11.5 Å². The normalized spacial score (nSPS) is 11.1. The lowest BCUT2D eigenvalue weighted by Gasteiger charge is -2.13. The third kappa shape index (κ3) is 9.58. The average molecular weight is 367 g/mol. The number of rotatable bonds is 4. The van der Waals surface area contributed by atoms with Gasteiger partial charge in [-0.25, -0.2) is 9.13 Å². The maximum Gasteiger partial charge on any atom is 0.530 e. The van der Waals surface area contributed by atoms with E-state index in [1.165, 1.54) is 0 Å².